The van der Waals surface area contributed by atoms with Gasteiger partial charge in [0.2, 0.25) is 0 Å². The largest absolute Gasteiger partial charge is 0.258 e. The van der Waals surface area contributed by atoms with E-state index >= 15 is 0 Å². The van der Waals surface area contributed by atoms with Crippen LogP contribution in [0.1, 0.15) is 40.0 Å². The maximum Gasteiger partial charge on any atom is 0.0810 e. The molecule has 2 atom stereocenters. The quantitative estimate of drug-likeness (QED) is 0.655. The molecule has 0 aromatic heterocycles. The van der Waals surface area contributed by atoms with Gasteiger partial charge < -0.3 is 0 Å². The van der Waals surface area contributed by atoms with Crippen molar-refractivity contribution in [3.63, 3.8) is 0 Å². The second-order valence-electron chi connectivity index (χ2n) is 2.80. The lowest BCUT2D eigenvalue weighted by Gasteiger charge is -2.12. The van der Waals surface area contributed by atoms with E-state index in [1.165, 1.54) is 0 Å². The maximum atomic E-state index is 11.6. The average molecular weight is 232 g/mol. The molecule has 0 saturated heterocycles. The van der Waals surface area contributed by atoms with Crippen LogP contribution in [0.15, 0.2) is 0 Å². The second kappa shape index (κ2) is 9.61. The molecular weight excluding hydrogens is 212 g/mol. The van der Waals surface area contributed by atoms with E-state index in [9.17, 15) is 4.21 Å². The number of thioether (sulfide) groups is 1. The van der Waals surface area contributed by atoms with Crippen LogP contribution in [0, 0.1) is 11.8 Å². The van der Waals surface area contributed by atoms with Gasteiger partial charge in [-0.05, 0) is 12.2 Å². The predicted molar refractivity (Wildman–Crippen MR) is 67.9 cm³/mol. The summed E-state index contributed by atoms with van der Waals surface area (Å²) in [4.78, 5) is 0. The fourth-order valence-electron chi connectivity index (χ4n) is 1.07. The summed E-state index contributed by atoms with van der Waals surface area (Å²) >= 11 is 1.80. The Bertz CT molecular complexity index is 215. The zero-order valence-electron chi connectivity index (χ0n) is 9.34. The van der Waals surface area contributed by atoms with E-state index in [4.69, 9.17) is 0 Å². The van der Waals surface area contributed by atoms with Crippen molar-refractivity contribution >= 4 is 22.6 Å². The fraction of sp³-hybridized carbons (Fsp3) is 0.818. The lowest BCUT2D eigenvalue weighted by molar-refractivity contribution is 0.679. The van der Waals surface area contributed by atoms with Crippen LogP contribution in [0.25, 0.3) is 0 Å². The third kappa shape index (κ3) is 6.50. The fourth-order valence-corrected chi connectivity index (χ4v) is 3.90. The SMILES string of the molecule is CCC#CCCC(SCC)S(=O)CC. The van der Waals surface area contributed by atoms with E-state index in [0.29, 0.717) is 0 Å². The molecule has 14 heavy (non-hydrogen) atoms. The lowest BCUT2D eigenvalue weighted by atomic mass is 10.3. The number of hydrogen-bond donors (Lipinski definition) is 0. The van der Waals surface area contributed by atoms with Crippen LogP contribution in [0.2, 0.25) is 0 Å². The monoisotopic (exact) mass is 232 g/mol. The Morgan fingerprint density at radius 3 is 2.50 bits per heavy atom. The van der Waals surface area contributed by atoms with Crippen LogP contribution in [-0.4, -0.2) is 20.3 Å². The molecule has 0 heterocycles. The topological polar surface area (TPSA) is 17.1 Å². The molecular formula is C11H20OS2. The van der Waals surface area contributed by atoms with Crippen molar-refractivity contribution in [2.24, 2.45) is 0 Å². The molecule has 0 spiro atoms. The molecule has 0 rings (SSSR count). The first-order valence-corrected chi connectivity index (χ1v) is 7.63. The molecule has 0 saturated carbocycles. The van der Waals surface area contributed by atoms with E-state index in [-0.39, 0.29) is 4.58 Å². The molecule has 1 nitrogen and oxygen atoms in total. The van der Waals surface area contributed by atoms with Crippen LogP contribution in [0.3, 0.4) is 0 Å². The summed E-state index contributed by atoms with van der Waals surface area (Å²) in [7, 11) is -0.675. The Morgan fingerprint density at radius 2 is 2.00 bits per heavy atom. The molecule has 0 aromatic rings. The third-order valence-corrected chi connectivity index (χ3v) is 5.12. The van der Waals surface area contributed by atoms with E-state index in [1.54, 1.807) is 11.8 Å². The van der Waals surface area contributed by atoms with Crippen LogP contribution >= 0.6 is 11.8 Å². The first-order chi connectivity index (χ1) is 6.76. The molecule has 0 fully saturated rings. The minimum Gasteiger partial charge on any atom is -0.258 e. The van der Waals surface area contributed by atoms with Crippen molar-refractivity contribution < 1.29 is 4.21 Å². The van der Waals surface area contributed by atoms with Gasteiger partial charge in [0, 0.05) is 29.4 Å². The van der Waals surface area contributed by atoms with E-state index in [2.05, 4.69) is 25.7 Å². The summed E-state index contributed by atoms with van der Waals surface area (Å²) in [5.41, 5.74) is 0. The highest BCUT2D eigenvalue weighted by molar-refractivity contribution is 8.11. The van der Waals surface area contributed by atoms with Crippen molar-refractivity contribution in [3.8, 4) is 11.8 Å². The molecule has 0 aromatic carbocycles. The zero-order valence-corrected chi connectivity index (χ0v) is 11.0. The first kappa shape index (κ1) is 14.1. The van der Waals surface area contributed by atoms with E-state index in [1.807, 2.05) is 6.92 Å². The maximum absolute atomic E-state index is 11.6. The highest BCUT2D eigenvalue weighted by atomic mass is 32.2. The Labute approximate surface area is 94.9 Å². The third-order valence-electron chi connectivity index (χ3n) is 1.74. The normalized spacial score (nSPS) is 14.2. The van der Waals surface area contributed by atoms with Gasteiger partial charge in [0.1, 0.15) is 0 Å². The lowest BCUT2D eigenvalue weighted by Crippen LogP contribution is -2.12. The van der Waals surface area contributed by atoms with Crippen molar-refractivity contribution in [1.29, 1.82) is 0 Å². The van der Waals surface area contributed by atoms with Gasteiger partial charge in [-0.15, -0.1) is 23.6 Å². The van der Waals surface area contributed by atoms with Crippen molar-refractivity contribution in [3.05, 3.63) is 0 Å². The Morgan fingerprint density at radius 1 is 1.29 bits per heavy atom. The summed E-state index contributed by atoms with van der Waals surface area (Å²) in [6.07, 6.45) is 2.77. The highest BCUT2D eigenvalue weighted by Crippen LogP contribution is 2.19. The zero-order chi connectivity index (χ0) is 10.8. The van der Waals surface area contributed by atoms with Crippen LogP contribution in [0.5, 0.6) is 0 Å². The van der Waals surface area contributed by atoms with Crippen LogP contribution in [0.4, 0.5) is 0 Å². The molecule has 0 aliphatic heterocycles. The molecule has 0 N–H and O–H groups in total. The average Bonchev–Trinajstić information content (AvgIpc) is 2.21. The highest BCUT2D eigenvalue weighted by Gasteiger charge is 2.13. The summed E-state index contributed by atoms with van der Waals surface area (Å²) in [6.45, 7) is 6.15. The summed E-state index contributed by atoms with van der Waals surface area (Å²) < 4.78 is 11.9. The van der Waals surface area contributed by atoms with E-state index in [0.717, 1.165) is 30.8 Å². The standard InChI is InChI=1S/C11H20OS2/c1-4-7-8-9-10-11(13-5-2)14(12)6-3/h11H,4-6,9-10H2,1-3H3. The molecule has 82 valence electrons. The van der Waals surface area contributed by atoms with Gasteiger partial charge in [-0.3, -0.25) is 4.21 Å². The smallest absolute Gasteiger partial charge is 0.0810 e. The van der Waals surface area contributed by atoms with Gasteiger partial charge in [0.05, 0.1) is 4.58 Å². The van der Waals surface area contributed by atoms with Crippen LogP contribution in [-0.2, 0) is 10.8 Å². The summed E-state index contributed by atoms with van der Waals surface area (Å²) in [6, 6.07) is 0. The van der Waals surface area contributed by atoms with Gasteiger partial charge >= 0.3 is 0 Å². The Balaban J connectivity index is 3.90. The molecule has 3 heteroatoms. The number of rotatable bonds is 6. The molecule has 0 aliphatic rings. The predicted octanol–water partition coefficient (Wildman–Crippen LogP) is 3.03. The minimum atomic E-state index is -0.675. The van der Waals surface area contributed by atoms with Gasteiger partial charge in [-0.1, -0.05) is 20.8 Å². The van der Waals surface area contributed by atoms with E-state index < -0.39 is 10.8 Å². The van der Waals surface area contributed by atoms with Crippen LogP contribution < -0.4 is 0 Å². The second-order valence-corrected chi connectivity index (χ2v) is 6.49. The number of hydrogen-bond acceptors (Lipinski definition) is 2. The Kier molecular flexibility index (Phi) is 9.65. The molecule has 0 amide bonds. The van der Waals surface area contributed by atoms with Crippen molar-refractivity contribution in [2.75, 3.05) is 11.5 Å². The molecule has 0 bridgehead atoms. The van der Waals surface area contributed by atoms with Gasteiger partial charge in [-0.2, -0.15) is 0 Å². The minimum absolute atomic E-state index is 0.288. The molecule has 2 unspecified atom stereocenters. The van der Waals surface area contributed by atoms with Crippen molar-refractivity contribution in [1.82, 2.24) is 0 Å². The summed E-state index contributed by atoms with van der Waals surface area (Å²) in [5.74, 6) is 7.95. The van der Waals surface area contributed by atoms with Gasteiger partial charge in [-0.25, -0.2) is 0 Å². The first-order valence-electron chi connectivity index (χ1n) is 5.20. The molecule has 0 radical (unpaired) electrons. The van der Waals surface area contributed by atoms with Gasteiger partial charge in [0.25, 0.3) is 0 Å². The van der Waals surface area contributed by atoms with Gasteiger partial charge in [0.15, 0.2) is 0 Å². The molecule has 0 aliphatic carbocycles. The Hall–Kier alpha value is 0.0600. The van der Waals surface area contributed by atoms with Crippen molar-refractivity contribution in [2.45, 2.75) is 44.6 Å². The summed E-state index contributed by atoms with van der Waals surface area (Å²) in [5, 5.41) is 0.